The minimum Gasteiger partial charge on any atom is -0.411 e. The summed E-state index contributed by atoms with van der Waals surface area (Å²) in [6, 6.07) is 0. The third-order valence-corrected chi connectivity index (χ3v) is 8.47. The molecule has 0 aromatic heterocycles. The van der Waals surface area contributed by atoms with Crippen LogP contribution in [0.5, 0.6) is 0 Å². The molecule has 94 valence electrons. The fraction of sp³-hybridized carbons (Fsp3) is 0.857. The van der Waals surface area contributed by atoms with E-state index in [4.69, 9.17) is 4.43 Å². The molecule has 0 aliphatic heterocycles. The number of hydrogen-bond donors (Lipinski definition) is 0. The second kappa shape index (κ2) is 5.50. The summed E-state index contributed by atoms with van der Waals surface area (Å²) in [6.07, 6.45) is 11.5. The molecule has 0 bridgehead atoms. The molecule has 0 aromatic carbocycles. The van der Waals surface area contributed by atoms with Crippen LogP contribution in [0.2, 0.25) is 18.1 Å². The first-order valence-electron chi connectivity index (χ1n) is 6.67. The molecule has 16 heavy (non-hydrogen) atoms. The quantitative estimate of drug-likeness (QED) is 0.493. The zero-order chi connectivity index (χ0) is 12.2. The van der Waals surface area contributed by atoms with Gasteiger partial charge in [-0.2, -0.15) is 0 Å². The van der Waals surface area contributed by atoms with Gasteiger partial charge in [-0.3, -0.25) is 0 Å². The van der Waals surface area contributed by atoms with Crippen molar-refractivity contribution in [2.24, 2.45) is 0 Å². The monoisotopic (exact) mass is 240 g/mol. The van der Waals surface area contributed by atoms with Gasteiger partial charge in [0, 0.05) is 0 Å². The summed E-state index contributed by atoms with van der Waals surface area (Å²) in [5.74, 6) is 0. The van der Waals surface area contributed by atoms with Crippen molar-refractivity contribution < 1.29 is 4.43 Å². The van der Waals surface area contributed by atoms with Crippen molar-refractivity contribution in [3.05, 3.63) is 12.2 Å². The van der Waals surface area contributed by atoms with E-state index in [1.807, 2.05) is 0 Å². The molecule has 2 heteroatoms. The highest BCUT2D eigenvalue weighted by molar-refractivity contribution is 6.74. The molecule has 0 fully saturated rings. The summed E-state index contributed by atoms with van der Waals surface area (Å²) in [7, 11) is -1.58. The third kappa shape index (κ3) is 4.06. The summed E-state index contributed by atoms with van der Waals surface area (Å²) in [5, 5.41) is 0.323. The summed E-state index contributed by atoms with van der Waals surface area (Å²) >= 11 is 0. The Hall–Kier alpha value is -0.0831. The highest BCUT2D eigenvalue weighted by Crippen LogP contribution is 2.38. The van der Waals surface area contributed by atoms with Crippen LogP contribution in [-0.4, -0.2) is 14.4 Å². The lowest BCUT2D eigenvalue weighted by Gasteiger charge is -2.39. The molecule has 0 amide bonds. The van der Waals surface area contributed by atoms with E-state index in [0.717, 1.165) is 0 Å². The van der Waals surface area contributed by atoms with Gasteiger partial charge >= 0.3 is 0 Å². The third-order valence-electron chi connectivity index (χ3n) is 3.96. The zero-order valence-corrected chi connectivity index (χ0v) is 12.7. The molecule has 1 nitrogen and oxygen atoms in total. The Balaban J connectivity index is 2.60. The molecule has 1 atom stereocenters. The maximum absolute atomic E-state index is 6.43. The molecule has 0 saturated heterocycles. The van der Waals surface area contributed by atoms with Gasteiger partial charge in [0.15, 0.2) is 8.32 Å². The Morgan fingerprint density at radius 1 is 1.12 bits per heavy atom. The molecule has 1 aliphatic carbocycles. The maximum Gasteiger partial charge on any atom is 0.192 e. The number of rotatable bonds is 2. The van der Waals surface area contributed by atoms with E-state index in [2.05, 4.69) is 46.0 Å². The van der Waals surface area contributed by atoms with E-state index in [1.54, 1.807) is 0 Å². The number of allylic oxidation sites excluding steroid dienone is 1. The fourth-order valence-corrected chi connectivity index (χ4v) is 3.09. The van der Waals surface area contributed by atoms with E-state index in [-0.39, 0.29) is 0 Å². The lowest BCUT2D eigenvalue weighted by molar-refractivity contribution is 0.209. The Bertz CT molecular complexity index is 238. The van der Waals surface area contributed by atoms with Gasteiger partial charge in [-0.25, -0.2) is 0 Å². The molecular formula is C14H28OSi. The van der Waals surface area contributed by atoms with Crippen LogP contribution < -0.4 is 0 Å². The van der Waals surface area contributed by atoms with E-state index in [0.29, 0.717) is 11.1 Å². The maximum atomic E-state index is 6.43. The average Bonchev–Trinajstić information content (AvgIpc) is 2.07. The Morgan fingerprint density at radius 3 is 2.44 bits per heavy atom. The molecule has 1 unspecified atom stereocenters. The van der Waals surface area contributed by atoms with Crippen molar-refractivity contribution >= 4 is 8.32 Å². The molecule has 0 spiro atoms. The van der Waals surface area contributed by atoms with Crippen LogP contribution in [0, 0.1) is 0 Å². The first-order valence-corrected chi connectivity index (χ1v) is 9.58. The smallest absolute Gasteiger partial charge is 0.192 e. The number of hydrogen-bond acceptors (Lipinski definition) is 1. The van der Waals surface area contributed by atoms with E-state index < -0.39 is 8.32 Å². The highest BCUT2D eigenvalue weighted by Gasteiger charge is 2.38. The zero-order valence-electron chi connectivity index (χ0n) is 11.7. The largest absolute Gasteiger partial charge is 0.411 e. The second-order valence-corrected chi connectivity index (χ2v) is 11.2. The van der Waals surface area contributed by atoms with Crippen molar-refractivity contribution in [1.29, 1.82) is 0 Å². The standard InChI is InChI=1S/C14H28OSi/c1-14(2,3)16(4,5)15-13-11-9-7-6-8-10-12-13/h9,11,13H,6-8,10,12H2,1-5H3. The molecule has 0 aromatic rings. The highest BCUT2D eigenvalue weighted by atomic mass is 28.4. The van der Waals surface area contributed by atoms with Crippen molar-refractivity contribution in [3.8, 4) is 0 Å². The molecule has 0 heterocycles. The summed E-state index contributed by atoms with van der Waals surface area (Å²) < 4.78 is 6.43. The van der Waals surface area contributed by atoms with Crippen LogP contribution in [0.3, 0.4) is 0 Å². The van der Waals surface area contributed by atoms with Crippen LogP contribution in [0.15, 0.2) is 12.2 Å². The second-order valence-electron chi connectivity index (χ2n) is 6.48. The van der Waals surface area contributed by atoms with Crippen molar-refractivity contribution in [3.63, 3.8) is 0 Å². The molecular weight excluding hydrogens is 212 g/mol. The first kappa shape index (κ1) is 14.0. The Labute approximate surface area is 102 Å². The minimum absolute atomic E-state index is 0.323. The van der Waals surface area contributed by atoms with Gasteiger partial charge in [0.1, 0.15) is 0 Å². The van der Waals surface area contributed by atoms with E-state index in [9.17, 15) is 0 Å². The van der Waals surface area contributed by atoms with Gasteiger partial charge in [0.05, 0.1) is 6.10 Å². The molecule has 1 rings (SSSR count). The predicted octanol–water partition coefficient (Wildman–Crippen LogP) is 4.90. The van der Waals surface area contributed by atoms with Gasteiger partial charge in [-0.15, -0.1) is 0 Å². The summed E-state index contributed by atoms with van der Waals surface area (Å²) in [4.78, 5) is 0. The summed E-state index contributed by atoms with van der Waals surface area (Å²) in [6.45, 7) is 11.6. The van der Waals surface area contributed by atoms with Gasteiger partial charge in [0.25, 0.3) is 0 Å². The van der Waals surface area contributed by atoms with Gasteiger partial charge < -0.3 is 4.43 Å². The van der Waals surface area contributed by atoms with Crippen LogP contribution in [0.1, 0.15) is 52.9 Å². The molecule has 0 N–H and O–H groups in total. The Kier molecular flexibility index (Phi) is 4.81. The SMILES string of the molecule is CC(C)(C)[Si](C)(C)OC1C=CCCCCC1. The molecule has 0 saturated carbocycles. The van der Waals surface area contributed by atoms with Crippen LogP contribution >= 0.6 is 0 Å². The van der Waals surface area contributed by atoms with Gasteiger partial charge in [-0.1, -0.05) is 45.8 Å². The van der Waals surface area contributed by atoms with E-state index >= 15 is 0 Å². The van der Waals surface area contributed by atoms with Gasteiger partial charge in [0.2, 0.25) is 0 Å². The fourth-order valence-electron chi connectivity index (χ4n) is 1.78. The first-order chi connectivity index (χ1) is 7.33. The van der Waals surface area contributed by atoms with Crippen LogP contribution in [0.25, 0.3) is 0 Å². The minimum atomic E-state index is -1.58. The van der Waals surface area contributed by atoms with Crippen molar-refractivity contribution in [2.75, 3.05) is 0 Å². The van der Waals surface area contributed by atoms with E-state index in [1.165, 1.54) is 32.1 Å². The Morgan fingerprint density at radius 2 is 1.81 bits per heavy atom. The van der Waals surface area contributed by atoms with Crippen molar-refractivity contribution in [1.82, 2.24) is 0 Å². The normalized spacial score (nSPS) is 23.9. The molecule has 1 aliphatic rings. The molecule has 0 radical (unpaired) electrons. The predicted molar refractivity (Wildman–Crippen MR) is 74.3 cm³/mol. The van der Waals surface area contributed by atoms with Crippen LogP contribution in [0.4, 0.5) is 0 Å². The summed E-state index contributed by atoms with van der Waals surface area (Å²) in [5.41, 5.74) is 0. The van der Waals surface area contributed by atoms with Crippen molar-refractivity contribution in [2.45, 2.75) is 77.1 Å². The van der Waals surface area contributed by atoms with Crippen LogP contribution in [-0.2, 0) is 4.43 Å². The topological polar surface area (TPSA) is 9.23 Å². The van der Waals surface area contributed by atoms with Gasteiger partial charge in [-0.05, 0) is 37.4 Å². The lowest BCUT2D eigenvalue weighted by Crippen LogP contribution is -2.43. The average molecular weight is 240 g/mol. The lowest BCUT2D eigenvalue weighted by atomic mass is 10.0.